The largest absolute Gasteiger partial charge is 0.392 e. The van der Waals surface area contributed by atoms with Crippen molar-refractivity contribution in [2.45, 2.75) is 13.5 Å². The van der Waals surface area contributed by atoms with Gasteiger partial charge in [0.15, 0.2) is 6.29 Å². The van der Waals surface area contributed by atoms with E-state index in [1.165, 1.54) is 6.07 Å². The maximum atomic E-state index is 12.8. The van der Waals surface area contributed by atoms with Crippen LogP contribution in [0.4, 0.5) is 4.39 Å². The summed E-state index contributed by atoms with van der Waals surface area (Å²) in [7, 11) is 0. The number of carbonyl (C=O) groups is 1. The lowest BCUT2D eigenvalue weighted by Crippen LogP contribution is -1.95. The normalized spacial score (nSPS) is 9.92. The highest BCUT2D eigenvalue weighted by Crippen LogP contribution is 2.13. The van der Waals surface area contributed by atoms with Gasteiger partial charge in [-0.25, -0.2) is 4.39 Å². The highest BCUT2D eigenvalue weighted by atomic mass is 19.1. The standard InChI is InChI=1S/C9H9FO2/c1-6-2-7(4-11)8(5-12)3-9(6)10/h2-3,5,11H,4H2,1H3. The van der Waals surface area contributed by atoms with Crippen LogP contribution in [0.2, 0.25) is 0 Å². The van der Waals surface area contributed by atoms with Gasteiger partial charge in [0.1, 0.15) is 5.82 Å². The van der Waals surface area contributed by atoms with Crippen LogP contribution in [0.25, 0.3) is 0 Å². The number of aliphatic hydroxyl groups excluding tert-OH is 1. The zero-order chi connectivity index (χ0) is 9.14. The van der Waals surface area contributed by atoms with E-state index in [0.29, 0.717) is 17.4 Å². The fraction of sp³-hybridized carbons (Fsp3) is 0.222. The molecule has 3 heteroatoms. The first kappa shape index (κ1) is 8.87. The van der Waals surface area contributed by atoms with Crippen molar-refractivity contribution >= 4 is 6.29 Å². The van der Waals surface area contributed by atoms with Gasteiger partial charge in [-0.3, -0.25) is 4.79 Å². The molecule has 0 fully saturated rings. The average molecular weight is 168 g/mol. The monoisotopic (exact) mass is 168 g/mol. The van der Waals surface area contributed by atoms with Gasteiger partial charge in [-0.15, -0.1) is 0 Å². The van der Waals surface area contributed by atoms with Crippen molar-refractivity contribution in [1.82, 2.24) is 0 Å². The zero-order valence-electron chi connectivity index (χ0n) is 6.67. The van der Waals surface area contributed by atoms with Gasteiger partial charge in [0, 0.05) is 5.56 Å². The minimum absolute atomic E-state index is 0.209. The SMILES string of the molecule is Cc1cc(CO)c(C=O)cc1F. The van der Waals surface area contributed by atoms with E-state index < -0.39 is 5.82 Å². The second-order valence-corrected chi connectivity index (χ2v) is 2.58. The van der Waals surface area contributed by atoms with E-state index in [9.17, 15) is 9.18 Å². The van der Waals surface area contributed by atoms with E-state index in [0.717, 1.165) is 6.07 Å². The highest BCUT2D eigenvalue weighted by Gasteiger charge is 2.04. The minimum Gasteiger partial charge on any atom is -0.392 e. The van der Waals surface area contributed by atoms with Crippen molar-refractivity contribution in [3.63, 3.8) is 0 Å². The van der Waals surface area contributed by atoms with Gasteiger partial charge in [-0.1, -0.05) is 6.07 Å². The molecule has 0 saturated heterocycles. The van der Waals surface area contributed by atoms with E-state index >= 15 is 0 Å². The van der Waals surface area contributed by atoms with E-state index in [-0.39, 0.29) is 12.2 Å². The molecule has 0 aliphatic carbocycles. The van der Waals surface area contributed by atoms with Gasteiger partial charge in [0.05, 0.1) is 6.61 Å². The van der Waals surface area contributed by atoms with Crippen molar-refractivity contribution in [3.05, 3.63) is 34.6 Å². The summed E-state index contributed by atoms with van der Waals surface area (Å²) in [6.07, 6.45) is 0.536. The number of hydrogen-bond donors (Lipinski definition) is 1. The Morgan fingerprint density at radius 3 is 2.75 bits per heavy atom. The second-order valence-electron chi connectivity index (χ2n) is 2.58. The van der Waals surface area contributed by atoms with Crippen molar-refractivity contribution in [2.24, 2.45) is 0 Å². The summed E-state index contributed by atoms with van der Waals surface area (Å²) in [5, 5.41) is 8.78. The smallest absolute Gasteiger partial charge is 0.150 e. The minimum atomic E-state index is -0.422. The molecule has 12 heavy (non-hydrogen) atoms. The number of carbonyl (C=O) groups excluding carboxylic acids is 1. The Morgan fingerprint density at radius 2 is 2.25 bits per heavy atom. The molecule has 1 aromatic rings. The van der Waals surface area contributed by atoms with Crippen LogP contribution >= 0.6 is 0 Å². The molecule has 0 bridgehead atoms. The maximum Gasteiger partial charge on any atom is 0.150 e. The summed E-state index contributed by atoms with van der Waals surface area (Å²) in [6, 6.07) is 2.60. The van der Waals surface area contributed by atoms with E-state index in [2.05, 4.69) is 0 Å². The lowest BCUT2D eigenvalue weighted by Gasteiger charge is -2.03. The molecule has 0 unspecified atom stereocenters. The highest BCUT2D eigenvalue weighted by molar-refractivity contribution is 5.77. The van der Waals surface area contributed by atoms with Crippen LogP contribution in [-0.2, 0) is 6.61 Å². The molecule has 0 aromatic heterocycles. The fourth-order valence-corrected chi connectivity index (χ4v) is 1.00. The molecular formula is C9H9FO2. The number of aryl methyl sites for hydroxylation is 1. The zero-order valence-corrected chi connectivity index (χ0v) is 6.67. The summed E-state index contributed by atoms with van der Waals surface area (Å²) in [5.41, 5.74) is 1.11. The lowest BCUT2D eigenvalue weighted by atomic mass is 10.1. The topological polar surface area (TPSA) is 37.3 Å². The lowest BCUT2D eigenvalue weighted by molar-refractivity contribution is 0.112. The number of rotatable bonds is 2. The Bertz CT molecular complexity index is 308. The van der Waals surface area contributed by atoms with Gasteiger partial charge in [-0.2, -0.15) is 0 Å². The van der Waals surface area contributed by atoms with Crippen LogP contribution in [0.3, 0.4) is 0 Å². The van der Waals surface area contributed by atoms with E-state index in [1.54, 1.807) is 6.92 Å². The molecule has 0 spiro atoms. The summed E-state index contributed by atoms with van der Waals surface area (Å²) in [5.74, 6) is -0.422. The molecular weight excluding hydrogens is 159 g/mol. The third-order valence-electron chi connectivity index (χ3n) is 1.72. The molecule has 1 rings (SSSR count). The Kier molecular flexibility index (Phi) is 2.55. The van der Waals surface area contributed by atoms with Crippen molar-refractivity contribution in [2.75, 3.05) is 0 Å². The van der Waals surface area contributed by atoms with Crippen molar-refractivity contribution in [1.29, 1.82) is 0 Å². The van der Waals surface area contributed by atoms with Crippen molar-refractivity contribution < 1.29 is 14.3 Å². The Balaban J connectivity index is 3.28. The Hall–Kier alpha value is -1.22. The van der Waals surface area contributed by atoms with Crippen LogP contribution in [0.1, 0.15) is 21.5 Å². The van der Waals surface area contributed by atoms with Crippen molar-refractivity contribution in [3.8, 4) is 0 Å². The second kappa shape index (κ2) is 3.45. The number of aliphatic hydroxyl groups is 1. The van der Waals surface area contributed by atoms with Crippen LogP contribution in [0.5, 0.6) is 0 Å². The third kappa shape index (κ3) is 1.51. The molecule has 0 radical (unpaired) electrons. The van der Waals surface area contributed by atoms with Crippen LogP contribution in [0.15, 0.2) is 12.1 Å². The number of hydrogen-bond acceptors (Lipinski definition) is 2. The molecule has 1 N–H and O–H groups in total. The summed E-state index contributed by atoms with van der Waals surface area (Å²) in [6.45, 7) is 1.35. The van der Waals surface area contributed by atoms with Gasteiger partial charge in [0.2, 0.25) is 0 Å². The van der Waals surface area contributed by atoms with E-state index in [1.807, 2.05) is 0 Å². The van der Waals surface area contributed by atoms with Crippen LogP contribution in [-0.4, -0.2) is 11.4 Å². The summed E-state index contributed by atoms with van der Waals surface area (Å²) < 4.78 is 12.8. The molecule has 0 aliphatic heterocycles. The molecule has 0 amide bonds. The molecule has 0 heterocycles. The quantitative estimate of drug-likeness (QED) is 0.678. The van der Waals surface area contributed by atoms with E-state index in [4.69, 9.17) is 5.11 Å². The molecule has 64 valence electrons. The fourth-order valence-electron chi connectivity index (χ4n) is 1.00. The third-order valence-corrected chi connectivity index (χ3v) is 1.72. The number of halogens is 1. The maximum absolute atomic E-state index is 12.8. The average Bonchev–Trinajstić information content (AvgIpc) is 2.09. The first-order valence-electron chi connectivity index (χ1n) is 3.54. The van der Waals surface area contributed by atoms with Crippen LogP contribution in [0, 0.1) is 12.7 Å². The predicted octanol–water partition coefficient (Wildman–Crippen LogP) is 1.44. The summed E-state index contributed by atoms with van der Waals surface area (Å²) >= 11 is 0. The number of benzene rings is 1. The van der Waals surface area contributed by atoms with Gasteiger partial charge in [-0.05, 0) is 24.1 Å². The molecule has 2 nitrogen and oxygen atoms in total. The first-order chi connectivity index (χ1) is 5.69. The number of aldehydes is 1. The predicted molar refractivity (Wildman–Crippen MR) is 42.4 cm³/mol. The Labute approximate surface area is 69.6 Å². The van der Waals surface area contributed by atoms with Crippen LogP contribution < -0.4 is 0 Å². The molecule has 1 aromatic carbocycles. The molecule has 0 aliphatic rings. The molecule has 0 saturated carbocycles. The first-order valence-corrected chi connectivity index (χ1v) is 3.54. The molecule has 0 atom stereocenters. The van der Waals surface area contributed by atoms with Gasteiger partial charge in [0.25, 0.3) is 0 Å². The Morgan fingerprint density at radius 1 is 1.58 bits per heavy atom. The summed E-state index contributed by atoms with van der Waals surface area (Å²) in [4.78, 5) is 10.4. The van der Waals surface area contributed by atoms with Gasteiger partial charge < -0.3 is 5.11 Å². The van der Waals surface area contributed by atoms with Gasteiger partial charge >= 0.3 is 0 Å².